The molecule has 15 nitrogen and oxygen atoms in total. The van der Waals surface area contributed by atoms with Crippen molar-refractivity contribution in [3.8, 4) is 17.2 Å². The third-order valence-corrected chi connectivity index (χ3v) is 14.1. The van der Waals surface area contributed by atoms with Gasteiger partial charge in [0.25, 0.3) is 5.91 Å². The minimum absolute atomic E-state index is 0.0247. The third-order valence-electron chi connectivity index (χ3n) is 13.7. The first-order chi connectivity index (χ1) is 30.3. The number of ether oxygens (including phenoxy) is 1. The Morgan fingerprint density at radius 2 is 1.71 bits per heavy atom. The van der Waals surface area contributed by atoms with Crippen LogP contribution in [0.25, 0.3) is 39.0 Å². The van der Waals surface area contributed by atoms with Crippen LogP contribution in [0.4, 0.5) is 4.39 Å². The van der Waals surface area contributed by atoms with Crippen molar-refractivity contribution in [2.45, 2.75) is 70.9 Å². The van der Waals surface area contributed by atoms with Gasteiger partial charge in [-0.2, -0.15) is 10.2 Å². The largest absolute Gasteiger partial charge is 0.438 e. The summed E-state index contributed by atoms with van der Waals surface area (Å²) in [4.78, 5) is 47.2. The van der Waals surface area contributed by atoms with E-state index in [-0.39, 0.29) is 17.6 Å². The van der Waals surface area contributed by atoms with Gasteiger partial charge in [0, 0.05) is 67.5 Å². The first kappa shape index (κ1) is 39.3. The molecule has 3 aromatic carbocycles. The summed E-state index contributed by atoms with van der Waals surface area (Å²) in [5, 5.41) is 15.6. The molecule has 2 fully saturated rings. The SMILES string of the molecule is Cc1cc(-n2nc3c(c2-n2ccn(-c4ccc5c(cnn5C)c4Cl)c2=O)[C@H](C)N(C(=O)c2cc4cc(C5CCOCC5)ccc4n2[C@@]2(c4noc(=O)[nH]4)C[C@@H]2C)CC3)cc(C)c1F. The van der Waals surface area contributed by atoms with E-state index in [9.17, 15) is 9.59 Å². The first-order valence-corrected chi connectivity index (χ1v) is 21.6. The number of aromatic amines is 1. The van der Waals surface area contributed by atoms with E-state index in [0.29, 0.717) is 100 Å². The highest BCUT2D eigenvalue weighted by molar-refractivity contribution is 6.37. The molecule has 11 rings (SSSR count). The summed E-state index contributed by atoms with van der Waals surface area (Å²) in [6.45, 7) is 9.16. The summed E-state index contributed by atoms with van der Waals surface area (Å²) >= 11 is 6.95. The van der Waals surface area contributed by atoms with Gasteiger partial charge >= 0.3 is 11.4 Å². The molecule has 1 saturated carbocycles. The molecule has 0 radical (unpaired) electrons. The lowest BCUT2D eigenvalue weighted by Gasteiger charge is -2.34. The lowest BCUT2D eigenvalue weighted by Crippen LogP contribution is -2.41. The summed E-state index contributed by atoms with van der Waals surface area (Å²) in [5.74, 6) is -0.0497. The zero-order chi connectivity index (χ0) is 43.6. The van der Waals surface area contributed by atoms with Crippen molar-refractivity contribution in [3.63, 3.8) is 0 Å². The smallest absolute Gasteiger partial charge is 0.381 e. The van der Waals surface area contributed by atoms with E-state index in [4.69, 9.17) is 26.0 Å². The molecule has 1 amide bonds. The number of aromatic nitrogens is 9. The number of imidazole rings is 1. The number of fused-ring (bicyclic) bond motifs is 3. The summed E-state index contributed by atoms with van der Waals surface area (Å²) in [7, 11) is 1.83. The summed E-state index contributed by atoms with van der Waals surface area (Å²) in [6.07, 6.45) is 7.84. The second-order valence-electron chi connectivity index (χ2n) is 17.4. The number of halogens is 2. The fraction of sp³-hybridized carbons (Fsp3) is 0.348. The fourth-order valence-corrected chi connectivity index (χ4v) is 10.6. The highest BCUT2D eigenvalue weighted by Crippen LogP contribution is 2.56. The number of carbonyl (C=O) groups excluding carboxylic acids is 1. The van der Waals surface area contributed by atoms with E-state index >= 15 is 9.18 Å². The van der Waals surface area contributed by atoms with E-state index in [1.165, 1.54) is 14.7 Å². The number of nitrogens with zero attached hydrogens (tertiary/aromatic N) is 9. The van der Waals surface area contributed by atoms with Crippen LogP contribution in [0.5, 0.6) is 0 Å². The van der Waals surface area contributed by atoms with Crippen molar-refractivity contribution in [2.75, 3.05) is 19.8 Å². The molecule has 3 aliphatic rings. The number of hydrogen-bond acceptors (Lipinski definition) is 8. The van der Waals surface area contributed by atoms with Gasteiger partial charge in [-0.15, -0.1) is 0 Å². The van der Waals surface area contributed by atoms with E-state index < -0.39 is 23.0 Å². The molecule has 0 bridgehead atoms. The first-order valence-electron chi connectivity index (χ1n) is 21.3. The molecule has 3 atom stereocenters. The molecule has 8 aromatic rings. The van der Waals surface area contributed by atoms with Crippen LogP contribution in [-0.2, 0) is 23.7 Å². The van der Waals surface area contributed by atoms with Crippen LogP contribution in [-0.4, -0.2) is 74.0 Å². The number of carbonyl (C=O) groups is 1. The van der Waals surface area contributed by atoms with Crippen LogP contribution in [0, 0.1) is 25.6 Å². The molecule has 5 aromatic heterocycles. The van der Waals surface area contributed by atoms with Crippen LogP contribution in [0.2, 0.25) is 5.02 Å². The second kappa shape index (κ2) is 14.3. The average Bonchev–Trinajstić information content (AvgIpc) is 3.91. The van der Waals surface area contributed by atoms with E-state index in [2.05, 4.69) is 40.4 Å². The average molecular weight is 871 g/mol. The van der Waals surface area contributed by atoms with Gasteiger partial charge in [0.2, 0.25) is 0 Å². The van der Waals surface area contributed by atoms with Gasteiger partial charge in [0.15, 0.2) is 5.82 Å². The van der Waals surface area contributed by atoms with Gasteiger partial charge in [-0.1, -0.05) is 29.7 Å². The molecular formula is C46H44ClFN10O5. The predicted molar refractivity (Wildman–Crippen MR) is 233 cm³/mol. The molecule has 322 valence electrons. The maximum atomic E-state index is 15.5. The molecule has 63 heavy (non-hydrogen) atoms. The minimum atomic E-state index is -0.825. The summed E-state index contributed by atoms with van der Waals surface area (Å²) < 4.78 is 34.3. The van der Waals surface area contributed by atoms with Gasteiger partial charge in [-0.3, -0.25) is 28.1 Å². The zero-order valence-corrected chi connectivity index (χ0v) is 36.1. The normalized spacial score (nSPS) is 20.3. The van der Waals surface area contributed by atoms with Crippen LogP contribution >= 0.6 is 11.6 Å². The Hall–Kier alpha value is -6.52. The number of nitrogens with one attached hydrogen (secondary N) is 1. The number of H-pyrrole nitrogens is 1. The van der Waals surface area contributed by atoms with E-state index in [0.717, 1.165) is 29.3 Å². The van der Waals surface area contributed by atoms with Crippen molar-refractivity contribution < 1.29 is 18.4 Å². The van der Waals surface area contributed by atoms with Gasteiger partial charge in [-0.05, 0) is 111 Å². The maximum Gasteiger partial charge on any atom is 0.438 e. The Balaban J connectivity index is 1.06. The Labute approximate surface area is 364 Å². The molecule has 1 aliphatic carbocycles. The van der Waals surface area contributed by atoms with Crippen LogP contribution in [0.1, 0.15) is 89.3 Å². The van der Waals surface area contributed by atoms with Crippen molar-refractivity contribution in [1.82, 2.24) is 48.3 Å². The van der Waals surface area contributed by atoms with Crippen LogP contribution in [0.15, 0.2) is 81.2 Å². The maximum absolute atomic E-state index is 15.5. The van der Waals surface area contributed by atoms with Gasteiger partial charge in [0.05, 0.1) is 39.8 Å². The zero-order valence-electron chi connectivity index (χ0n) is 35.4. The van der Waals surface area contributed by atoms with Crippen molar-refractivity contribution in [1.29, 1.82) is 0 Å². The van der Waals surface area contributed by atoms with Crippen LogP contribution in [0.3, 0.4) is 0 Å². The van der Waals surface area contributed by atoms with E-state index in [1.54, 1.807) is 60.0 Å². The lowest BCUT2D eigenvalue weighted by molar-refractivity contribution is 0.0663. The second-order valence-corrected chi connectivity index (χ2v) is 17.8. The summed E-state index contributed by atoms with van der Waals surface area (Å²) in [6, 6.07) is 14.8. The molecule has 2 aliphatic heterocycles. The molecule has 7 heterocycles. The van der Waals surface area contributed by atoms with Crippen molar-refractivity contribution in [2.24, 2.45) is 13.0 Å². The van der Waals surface area contributed by atoms with E-state index in [1.807, 2.05) is 35.6 Å². The quantitative estimate of drug-likeness (QED) is 0.177. The number of hydrogen-bond donors (Lipinski definition) is 1. The number of amides is 1. The highest BCUT2D eigenvalue weighted by atomic mass is 35.5. The fourth-order valence-electron chi connectivity index (χ4n) is 10.3. The van der Waals surface area contributed by atoms with Gasteiger partial charge < -0.3 is 14.2 Å². The lowest BCUT2D eigenvalue weighted by atomic mass is 9.91. The molecular weight excluding hydrogens is 827 g/mol. The van der Waals surface area contributed by atoms with Crippen LogP contribution < -0.4 is 11.4 Å². The Kier molecular flexibility index (Phi) is 8.90. The van der Waals surface area contributed by atoms with Crippen molar-refractivity contribution in [3.05, 3.63) is 138 Å². The summed E-state index contributed by atoms with van der Waals surface area (Å²) in [5.41, 5.74) is 5.36. The topological polar surface area (TPSA) is 156 Å². The van der Waals surface area contributed by atoms with Crippen molar-refractivity contribution >= 4 is 39.3 Å². The number of rotatable bonds is 7. The molecule has 0 unspecified atom stereocenters. The molecule has 17 heteroatoms. The predicted octanol–water partition coefficient (Wildman–Crippen LogP) is 7.18. The standard InChI is InChI=1S/C46H44ClFN10O5/c1-24-18-31(19-25(2)40(24)48)58-41(56-15-14-55(45(56)61)36-9-8-35-32(39(36)47)23-49-53(35)5)38-27(4)54(13-10-33(38)51-58)42(59)37-21-30-20-29(28-11-16-62-17-12-28)6-7-34(30)57(37)46(22-26(46)3)43-50-44(60)63-52-43/h6-9,14-15,18-21,23,26-28H,10-13,16-17,22H2,1-5H3,(H,50,52,60)/t26-,27-,46-/m0/s1. The molecule has 0 spiro atoms. The van der Waals surface area contributed by atoms with Gasteiger partial charge in [-0.25, -0.2) is 18.7 Å². The molecule has 1 saturated heterocycles. The highest BCUT2D eigenvalue weighted by Gasteiger charge is 2.59. The van der Waals surface area contributed by atoms with Gasteiger partial charge in [0.1, 0.15) is 22.9 Å². The monoisotopic (exact) mass is 870 g/mol. The Morgan fingerprint density at radius 3 is 2.43 bits per heavy atom. The number of aryl methyl sites for hydroxylation is 3. The minimum Gasteiger partial charge on any atom is -0.381 e. The number of benzene rings is 3. The third kappa shape index (κ3) is 5.87. The Morgan fingerprint density at radius 1 is 0.984 bits per heavy atom. The molecule has 1 N–H and O–H groups in total. The Bertz CT molecular complexity index is 3280.